The van der Waals surface area contributed by atoms with E-state index in [1.165, 1.54) is 12.5 Å². The zero-order valence-electron chi connectivity index (χ0n) is 15.5. The molecule has 3 rings (SSSR count). The summed E-state index contributed by atoms with van der Waals surface area (Å²) in [5.74, 6) is 0.891. The Labute approximate surface area is 159 Å². The van der Waals surface area contributed by atoms with E-state index in [0.29, 0.717) is 22.6 Å². The molecule has 4 nitrogen and oxygen atoms in total. The first-order valence-corrected chi connectivity index (χ1v) is 9.34. The van der Waals surface area contributed by atoms with E-state index in [2.05, 4.69) is 0 Å². The second-order valence-electron chi connectivity index (χ2n) is 6.72. The van der Waals surface area contributed by atoms with Gasteiger partial charge in [-0.3, -0.25) is 9.59 Å². The monoisotopic (exact) mass is 364 g/mol. The van der Waals surface area contributed by atoms with Crippen LogP contribution in [0.4, 0.5) is 0 Å². The maximum atomic E-state index is 12.4. The van der Waals surface area contributed by atoms with Gasteiger partial charge in [-0.05, 0) is 55.3 Å². The van der Waals surface area contributed by atoms with Gasteiger partial charge in [-0.1, -0.05) is 37.5 Å². The topological polar surface area (TPSA) is 52.6 Å². The highest BCUT2D eigenvalue weighted by Gasteiger charge is 2.23. The Morgan fingerprint density at radius 1 is 0.963 bits per heavy atom. The van der Waals surface area contributed by atoms with E-state index in [0.717, 1.165) is 25.7 Å². The number of esters is 1. The number of rotatable bonds is 6. The van der Waals surface area contributed by atoms with Crippen LogP contribution in [0, 0.1) is 5.92 Å². The molecule has 4 heteroatoms. The molecule has 2 aromatic rings. The van der Waals surface area contributed by atoms with E-state index in [1.807, 2.05) is 18.2 Å². The number of ether oxygens (including phenoxy) is 2. The lowest BCUT2D eigenvalue weighted by Crippen LogP contribution is -2.23. The minimum atomic E-state index is -0.169. The van der Waals surface area contributed by atoms with E-state index in [-0.39, 0.29) is 17.7 Å². The summed E-state index contributed by atoms with van der Waals surface area (Å²) in [4.78, 5) is 24.8. The lowest BCUT2D eigenvalue weighted by Gasteiger charge is -2.20. The fourth-order valence-corrected chi connectivity index (χ4v) is 3.26. The molecule has 0 bridgehead atoms. The van der Waals surface area contributed by atoms with Crippen molar-refractivity contribution in [3.8, 4) is 11.5 Å². The van der Waals surface area contributed by atoms with Crippen LogP contribution in [0.15, 0.2) is 54.6 Å². The Hall–Kier alpha value is -2.88. The highest BCUT2D eigenvalue weighted by molar-refractivity contribution is 6.07. The number of hydrogen-bond donors (Lipinski definition) is 0. The van der Waals surface area contributed by atoms with Crippen LogP contribution in [0.3, 0.4) is 0 Å². The molecule has 1 fully saturated rings. The minimum Gasteiger partial charge on any atom is -0.497 e. The Morgan fingerprint density at radius 3 is 2.37 bits per heavy atom. The standard InChI is InChI=1S/C23H24O4/c1-26-20-14-11-17(12-15-20)21(24)16-13-18-7-5-6-10-22(18)27-23(25)19-8-3-2-4-9-19/h5-7,10-16,19H,2-4,8-9H2,1H3. The molecule has 0 N–H and O–H groups in total. The second-order valence-corrected chi connectivity index (χ2v) is 6.72. The van der Waals surface area contributed by atoms with Gasteiger partial charge < -0.3 is 9.47 Å². The fraction of sp³-hybridized carbons (Fsp3) is 0.304. The summed E-state index contributed by atoms with van der Waals surface area (Å²) >= 11 is 0. The first-order valence-electron chi connectivity index (χ1n) is 9.34. The molecule has 2 aromatic carbocycles. The molecule has 0 amide bonds. The lowest BCUT2D eigenvalue weighted by atomic mass is 9.89. The van der Waals surface area contributed by atoms with Crippen LogP contribution in [-0.2, 0) is 4.79 Å². The van der Waals surface area contributed by atoms with Gasteiger partial charge in [0.25, 0.3) is 0 Å². The maximum Gasteiger partial charge on any atom is 0.314 e. The van der Waals surface area contributed by atoms with Gasteiger partial charge in [0, 0.05) is 11.1 Å². The molecule has 1 aliphatic rings. The van der Waals surface area contributed by atoms with Gasteiger partial charge in [-0.15, -0.1) is 0 Å². The largest absolute Gasteiger partial charge is 0.497 e. The summed E-state index contributed by atoms with van der Waals surface area (Å²) < 4.78 is 10.7. The zero-order valence-corrected chi connectivity index (χ0v) is 15.5. The summed E-state index contributed by atoms with van der Waals surface area (Å²) in [7, 11) is 1.59. The van der Waals surface area contributed by atoms with Crippen LogP contribution < -0.4 is 9.47 Å². The average molecular weight is 364 g/mol. The van der Waals surface area contributed by atoms with Gasteiger partial charge in [0.15, 0.2) is 5.78 Å². The predicted octanol–water partition coefficient (Wildman–Crippen LogP) is 5.08. The summed E-state index contributed by atoms with van der Waals surface area (Å²) in [5, 5.41) is 0. The van der Waals surface area contributed by atoms with Crippen LogP contribution in [0.1, 0.15) is 48.0 Å². The van der Waals surface area contributed by atoms with Crippen molar-refractivity contribution in [2.45, 2.75) is 32.1 Å². The summed E-state index contributed by atoms with van der Waals surface area (Å²) in [6.45, 7) is 0. The van der Waals surface area contributed by atoms with Gasteiger partial charge in [0.1, 0.15) is 11.5 Å². The van der Waals surface area contributed by atoms with Crippen LogP contribution in [0.25, 0.3) is 6.08 Å². The number of carbonyl (C=O) groups excluding carboxylic acids is 2. The number of para-hydroxylation sites is 1. The Bertz CT molecular complexity index is 815. The van der Waals surface area contributed by atoms with Gasteiger partial charge in [-0.2, -0.15) is 0 Å². The smallest absolute Gasteiger partial charge is 0.314 e. The third kappa shape index (κ3) is 5.07. The number of ketones is 1. The average Bonchev–Trinajstić information content (AvgIpc) is 2.73. The summed E-state index contributed by atoms with van der Waals surface area (Å²) in [5.41, 5.74) is 1.28. The molecule has 0 unspecified atom stereocenters. The van der Waals surface area contributed by atoms with E-state index in [9.17, 15) is 9.59 Å². The predicted molar refractivity (Wildman–Crippen MR) is 105 cm³/mol. The molecule has 140 valence electrons. The van der Waals surface area contributed by atoms with Crippen molar-refractivity contribution in [3.63, 3.8) is 0 Å². The van der Waals surface area contributed by atoms with Crippen LogP contribution >= 0.6 is 0 Å². The van der Waals surface area contributed by atoms with E-state index in [1.54, 1.807) is 43.5 Å². The molecule has 0 aromatic heterocycles. The Balaban J connectivity index is 1.70. The Morgan fingerprint density at radius 2 is 1.67 bits per heavy atom. The first-order chi connectivity index (χ1) is 13.2. The lowest BCUT2D eigenvalue weighted by molar-refractivity contribution is -0.140. The van der Waals surface area contributed by atoms with Crippen LogP contribution in [0.2, 0.25) is 0 Å². The second kappa shape index (κ2) is 9.17. The van der Waals surface area contributed by atoms with Crippen molar-refractivity contribution >= 4 is 17.8 Å². The summed E-state index contributed by atoms with van der Waals surface area (Å²) in [6, 6.07) is 14.2. The zero-order chi connectivity index (χ0) is 19.1. The highest BCUT2D eigenvalue weighted by atomic mass is 16.5. The first kappa shape index (κ1) is 18.9. The van der Waals surface area contributed by atoms with E-state index in [4.69, 9.17) is 9.47 Å². The maximum absolute atomic E-state index is 12.4. The number of hydrogen-bond acceptors (Lipinski definition) is 4. The van der Waals surface area contributed by atoms with Crippen molar-refractivity contribution in [1.29, 1.82) is 0 Å². The third-order valence-electron chi connectivity index (χ3n) is 4.86. The summed E-state index contributed by atoms with van der Waals surface area (Å²) in [6.07, 6.45) is 8.33. The molecule has 0 atom stereocenters. The molecule has 1 aliphatic carbocycles. The van der Waals surface area contributed by atoms with Gasteiger partial charge in [-0.25, -0.2) is 0 Å². The molecule has 1 saturated carbocycles. The number of carbonyl (C=O) groups is 2. The molecule has 0 spiro atoms. The van der Waals surface area contributed by atoms with Gasteiger partial charge in [0.05, 0.1) is 13.0 Å². The van der Waals surface area contributed by atoms with Gasteiger partial charge >= 0.3 is 5.97 Å². The van der Waals surface area contributed by atoms with Gasteiger partial charge in [0.2, 0.25) is 0 Å². The van der Waals surface area contributed by atoms with Crippen molar-refractivity contribution < 1.29 is 19.1 Å². The number of benzene rings is 2. The molecule has 0 heterocycles. The number of methoxy groups -OCH3 is 1. The van der Waals surface area contributed by atoms with Crippen molar-refractivity contribution in [1.82, 2.24) is 0 Å². The molecular weight excluding hydrogens is 340 g/mol. The SMILES string of the molecule is COc1ccc(C(=O)C=Cc2ccccc2OC(=O)C2CCCCC2)cc1. The molecule has 0 radical (unpaired) electrons. The third-order valence-corrected chi connectivity index (χ3v) is 4.86. The van der Waals surface area contributed by atoms with Crippen molar-refractivity contribution in [2.24, 2.45) is 5.92 Å². The molecule has 0 aliphatic heterocycles. The van der Waals surface area contributed by atoms with Crippen LogP contribution in [0.5, 0.6) is 11.5 Å². The Kier molecular flexibility index (Phi) is 6.42. The molecular formula is C23H24O4. The quantitative estimate of drug-likeness (QED) is 0.310. The fourth-order valence-electron chi connectivity index (χ4n) is 3.26. The molecule has 27 heavy (non-hydrogen) atoms. The highest BCUT2D eigenvalue weighted by Crippen LogP contribution is 2.27. The number of allylic oxidation sites excluding steroid dienone is 1. The molecule has 0 saturated heterocycles. The van der Waals surface area contributed by atoms with Crippen molar-refractivity contribution in [2.75, 3.05) is 7.11 Å². The van der Waals surface area contributed by atoms with Crippen LogP contribution in [-0.4, -0.2) is 18.9 Å². The van der Waals surface area contributed by atoms with Crippen molar-refractivity contribution in [3.05, 3.63) is 65.7 Å². The van der Waals surface area contributed by atoms with E-state index < -0.39 is 0 Å². The normalized spacial score (nSPS) is 14.9. The minimum absolute atomic E-state index is 0.0169. The van der Waals surface area contributed by atoms with E-state index >= 15 is 0 Å².